The highest BCUT2D eigenvalue weighted by Crippen LogP contribution is 2.36. The van der Waals surface area contributed by atoms with Gasteiger partial charge in [-0.2, -0.15) is 0 Å². The third kappa shape index (κ3) is 2.21. The Bertz CT molecular complexity index is 225. The predicted molar refractivity (Wildman–Crippen MR) is 64.8 cm³/mol. The van der Waals surface area contributed by atoms with Crippen LogP contribution in [0, 0.1) is 5.92 Å². The van der Waals surface area contributed by atoms with Crippen LogP contribution in [0.2, 0.25) is 0 Å². The van der Waals surface area contributed by atoms with E-state index < -0.39 is 0 Å². The lowest BCUT2D eigenvalue weighted by Gasteiger charge is -2.44. The Balaban J connectivity index is 2.07. The molecule has 15 heavy (non-hydrogen) atoms. The molecule has 2 heteroatoms. The maximum atomic E-state index is 6.30. The van der Waals surface area contributed by atoms with Gasteiger partial charge < -0.3 is 5.73 Å². The van der Waals surface area contributed by atoms with Gasteiger partial charge in [0.2, 0.25) is 0 Å². The molecule has 0 aromatic rings. The summed E-state index contributed by atoms with van der Waals surface area (Å²) in [4.78, 5) is 2.69. The second-order valence-electron chi connectivity index (χ2n) is 6.26. The molecule has 0 bridgehead atoms. The van der Waals surface area contributed by atoms with E-state index in [9.17, 15) is 0 Å². The summed E-state index contributed by atoms with van der Waals surface area (Å²) in [5, 5.41) is 0. The van der Waals surface area contributed by atoms with Crippen LogP contribution < -0.4 is 5.73 Å². The highest BCUT2D eigenvalue weighted by atomic mass is 15.2. The second-order valence-corrected chi connectivity index (χ2v) is 6.26. The van der Waals surface area contributed by atoms with E-state index in [4.69, 9.17) is 5.73 Å². The van der Waals surface area contributed by atoms with Crippen molar-refractivity contribution in [2.45, 2.75) is 70.5 Å². The van der Waals surface area contributed by atoms with Crippen molar-refractivity contribution in [3.8, 4) is 0 Å². The third-order valence-corrected chi connectivity index (χ3v) is 4.50. The zero-order valence-corrected chi connectivity index (χ0v) is 10.5. The predicted octanol–water partition coefficient (Wildman–Crippen LogP) is 2.38. The molecule has 2 aliphatic rings. The van der Waals surface area contributed by atoms with Gasteiger partial charge in [0.1, 0.15) is 0 Å². The zero-order valence-electron chi connectivity index (χ0n) is 10.5. The van der Waals surface area contributed by atoms with Crippen LogP contribution in [0.4, 0.5) is 0 Å². The summed E-state index contributed by atoms with van der Waals surface area (Å²) in [6.07, 6.45) is 6.55. The number of hydrogen-bond donors (Lipinski definition) is 1. The molecule has 2 rings (SSSR count). The van der Waals surface area contributed by atoms with Crippen molar-refractivity contribution in [1.29, 1.82) is 0 Å². The molecule has 1 saturated carbocycles. The molecule has 0 radical (unpaired) electrons. The molecule has 0 aromatic carbocycles. The molecule has 1 aliphatic heterocycles. The molecule has 88 valence electrons. The highest BCUT2D eigenvalue weighted by Gasteiger charge is 2.40. The van der Waals surface area contributed by atoms with Crippen molar-refractivity contribution >= 4 is 0 Å². The fraction of sp³-hybridized carbons (Fsp3) is 1.00. The lowest BCUT2D eigenvalue weighted by molar-refractivity contribution is 0.0625. The van der Waals surface area contributed by atoms with Crippen LogP contribution in [0.15, 0.2) is 0 Å². The van der Waals surface area contributed by atoms with Gasteiger partial charge in [0.15, 0.2) is 0 Å². The number of hydrogen-bond acceptors (Lipinski definition) is 2. The van der Waals surface area contributed by atoms with Crippen molar-refractivity contribution < 1.29 is 0 Å². The van der Waals surface area contributed by atoms with E-state index in [-0.39, 0.29) is 0 Å². The summed E-state index contributed by atoms with van der Waals surface area (Å²) in [5.74, 6) is 0.867. The van der Waals surface area contributed by atoms with Gasteiger partial charge in [-0.3, -0.25) is 4.90 Å². The molecule has 0 amide bonds. The van der Waals surface area contributed by atoms with E-state index in [2.05, 4.69) is 25.7 Å². The first-order chi connectivity index (χ1) is 7.00. The molecule has 1 aliphatic carbocycles. The van der Waals surface area contributed by atoms with Crippen LogP contribution in [-0.4, -0.2) is 29.1 Å². The molecule has 3 atom stereocenters. The van der Waals surface area contributed by atoms with Crippen molar-refractivity contribution in [2.24, 2.45) is 11.7 Å². The van der Waals surface area contributed by atoms with Gasteiger partial charge in [0.25, 0.3) is 0 Å². The first kappa shape index (κ1) is 11.4. The molecule has 2 nitrogen and oxygen atoms in total. The molecule has 1 saturated heterocycles. The summed E-state index contributed by atoms with van der Waals surface area (Å²) in [6.45, 7) is 8.40. The minimum atomic E-state index is 0.388. The molecule has 2 fully saturated rings. The van der Waals surface area contributed by atoms with Crippen LogP contribution in [-0.2, 0) is 0 Å². The van der Waals surface area contributed by atoms with Crippen LogP contribution in [0.3, 0.4) is 0 Å². The monoisotopic (exact) mass is 210 g/mol. The largest absolute Gasteiger partial charge is 0.326 e. The van der Waals surface area contributed by atoms with Crippen molar-refractivity contribution in [3.05, 3.63) is 0 Å². The van der Waals surface area contributed by atoms with Gasteiger partial charge in [0, 0.05) is 17.6 Å². The highest BCUT2D eigenvalue weighted by molar-refractivity contribution is 4.97. The first-order valence-electron chi connectivity index (χ1n) is 6.53. The van der Waals surface area contributed by atoms with Gasteiger partial charge in [-0.05, 0) is 58.4 Å². The van der Waals surface area contributed by atoms with E-state index in [0.29, 0.717) is 17.6 Å². The minimum Gasteiger partial charge on any atom is -0.326 e. The summed E-state index contributed by atoms with van der Waals surface area (Å²) in [6, 6.07) is 1.06. The molecular formula is C13H26N2. The minimum absolute atomic E-state index is 0.388. The number of nitrogens with zero attached hydrogens (tertiary/aromatic N) is 1. The zero-order chi connectivity index (χ0) is 11.1. The average molecular weight is 210 g/mol. The third-order valence-electron chi connectivity index (χ3n) is 4.50. The van der Waals surface area contributed by atoms with Gasteiger partial charge in [-0.1, -0.05) is 6.92 Å². The lowest BCUT2D eigenvalue weighted by Crippen LogP contribution is -2.55. The van der Waals surface area contributed by atoms with E-state index in [1.807, 2.05) is 0 Å². The smallest absolute Gasteiger partial charge is 0.0255 e. The Morgan fingerprint density at radius 3 is 2.60 bits per heavy atom. The maximum absolute atomic E-state index is 6.30. The van der Waals surface area contributed by atoms with Gasteiger partial charge >= 0.3 is 0 Å². The SMILES string of the molecule is CC1CCC(N)C(N2CCCC2(C)C)C1. The van der Waals surface area contributed by atoms with Crippen molar-refractivity contribution in [1.82, 2.24) is 4.90 Å². The molecular weight excluding hydrogens is 184 g/mol. The Morgan fingerprint density at radius 2 is 2.00 bits per heavy atom. The Kier molecular flexibility index (Phi) is 3.09. The van der Waals surface area contributed by atoms with Crippen LogP contribution in [0.5, 0.6) is 0 Å². The fourth-order valence-corrected chi connectivity index (χ4v) is 3.48. The second kappa shape index (κ2) is 4.06. The van der Waals surface area contributed by atoms with Crippen LogP contribution >= 0.6 is 0 Å². The lowest BCUT2D eigenvalue weighted by atomic mass is 9.82. The summed E-state index contributed by atoms with van der Waals surface area (Å²) in [5.41, 5.74) is 6.69. The van der Waals surface area contributed by atoms with Crippen LogP contribution in [0.25, 0.3) is 0 Å². The fourth-order valence-electron chi connectivity index (χ4n) is 3.48. The number of nitrogens with two attached hydrogens (primary N) is 1. The quantitative estimate of drug-likeness (QED) is 0.720. The maximum Gasteiger partial charge on any atom is 0.0255 e. The van der Waals surface area contributed by atoms with Gasteiger partial charge in [-0.25, -0.2) is 0 Å². The average Bonchev–Trinajstić information content (AvgIpc) is 2.50. The topological polar surface area (TPSA) is 29.3 Å². The van der Waals surface area contributed by atoms with E-state index in [1.54, 1.807) is 0 Å². The van der Waals surface area contributed by atoms with E-state index >= 15 is 0 Å². The van der Waals surface area contributed by atoms with E-state index in [0.717, 1.165) is 5.92 Å². The first-order valence-corrected chi connectivity index (χ1v) is 6.53. The Labute approximate surface area is 94.2 Å². The normalized spacial score (nSPS) is 42.0. The van der Waals surface area contributed by atoms with E-state index in [1.165, 1.54) is 38.6 Å². The molecule has 0 spiro atoms. The Morgan fingerprint density at radius 1 is 1.27 bits per heavy atom. The van der Waals surface area contributed by atoms with Crippen LogP contribution in [0.1, 0.15) is 52.9 Å². The number of rotatable bonds is 1. The molecule has 3 unspecified atom stereocenters. The van der Waals surface area contributed by atoms with Gasteiger partial charge in [-0.15, -0.1) is 0 Å². The van der Waals surface area contributed by atoms with Crippen molar-refractivity contribution in [3.63, 3.8) is 0 Å². The Hall–Kier alpha value is -0.0800. The molecule has 0 aromatic heterocycles. The molecule has 1 heterocycles. The van der Waals surface area contributed by atoms with Crippen molar-refractivity contribution in [2.75, 3.05) is 6.54 Å². The standard InChI is InChI=1S/C13H26N2/c1-10-5-6-11(14)12(9-10)15-8-4-7-13(15,2)3/h10-12H,4-9,14H2,1-3H3. The van der Waals surface area contributed by atoms with Gasteiger partial charge in [0.05, 0.1) is 0 Å². The molecule has 2 N–H and O–H groups in total. The summed E-state index contributed by atoms with van der Waals surface area (Å²) < 4.78 is 0. The summed E-state index contributed by atoms with van der Waals surface area (Å²) >= 11 is 0. The number of likely N-dealkylation sites (tertiary alicyclic amines) is 1. The summed E-state index contributed by atoms with van der Waals surface area (Å²) in [7, 11) is 0.